The van der Waals surface area contributed by atoms with Crippen molar-refractivity contribution in [3.8, 4) is 10.8 Å². The lowest BCUT2D eigenvalue weighted by molar-refractivity contribution is 0.0701. The number of aromatic nitrogens is 1. The van der Waals surface area contributed by atoms with Gasteiger partial charge in [0.2, 0.25) is 0 Å². The largest absolute Gasteiger partial charge is 0.462 e. The number of hydrogen-bond acceptors (Lipinski definition) is 5. The second-order valence-electron chi connectivity index (χ2n) is 5.93. The minimum atomic E-state index is 0.0449. The van der Waals surface area contributed by atoms with E-state index < -0.39 is 0 Å². The Morgan fingerprint density at radius 1 is 1.41 bits per heavy atom. The Morgan fingerprint density at radius 2 is 2.32 bits per heavy atom. The number of hydrogen-bond donors (Lipinski definition) is 0. The van der Waals surface area contributed by atoms with Crippen LogP contribution in [-0.2, 0) is 4.74 Å². The van der Waals surface area contributed by atoms with Gasteiger partial charge in [-0.2, -0.15) is 0 Å². The lowest BCUT2D eigenvalue weighted by Gasteiger charge is -2.24. The molecule has 0 spiro atoms. The molecular formula is C16H18N2O3S. The molecule has 0 unspecified atom stereocenters. The molecule has 4 rings (SSSR count). The van der Waals surface area contributed by atoms with Crippen molar-refractivity contribution in [2.24, 2.45) is 5.92 Å². The van der Waals surface area contributed by atoms with Gasteiger partial charge >= 0.3 is 0 Å². The smallest absolute Gasteiger partial charge is 0.273 e. The quantitative estimate of drug-likeness (QED) is 0.850. The number of carbonyl (C=O) groups excluding carboxylic acids is 1. The van der Waals surface area contributed by atoms with E-state index in [1.165, 1.54) is 11.3 Å². The molecule has 3 heterocycles. The maximum atomic E-state index is 12.8. The zero-order chi connectivity index (χ0) is 14.9. The van der Waals surface area contributed by atoms with Gasteiger partial charge in [-0.25, -0.2) is 4.98 Å². The van der Waals surface area contributed by atoms with Gasteiger partial charge < -0.3 is 14.1 Å². The molecule has 2 aliphatic rings. The highest BCUT2D eigenvalue weighted by atomic mass is 32.1. The lowest BCUT2D eigenvalue weighted by atomic mass is 10.1. The molecular weight excluding hydrogens is 300 g/mol. The number of ether oxygens (including phenoxy) is 1. The van der Waals surface area contributed by atoms with E-state index in [0.717, 1.165) is 44.0 Å². The molecule has 2 fully saturated rings. The van der Waals surface area contributed by atoms with Gasteiger partial charge in [0, 0.05) is 30.5 Å². The van der Waals surface area contributed by atoms with Gasteiger partial charge in [-0.1, -0.05) is 0 Å². The predicted octanol–water partition coefficient (Wildman–Crippen LogP) is 3.04. The van der Waals surface area contributed by atoms with Crippen molar-refractivity contribution >= 4 is 17.2 Å². The SMILES string of the molecule is O=C(c1csc(-c2ccco2)n1)N(C[C@@H]1CCOC1)C1CC1. The summed E-state index contributed by atoms with van der Waals surface area (Å²) < 4.78 is 10.8. The molecule has 1 amide bonds. The average Bonchev–Trinajstić information content (AvgIpc) is 3.01. The Hall–Kier alpha value is -1.66. The number of amides is 1. The molecule has 2 aromatic rings. The van der Waals surface area contributed by atoms with Crippen LogP contribution in [0, 0.1) is 5.92 Å². The van der Waals surface area contributed by atoms with Crippen LogP contribution >= 0.6 is 11.3 Å². The number of carbonyl (C=O) groups is 1. The zero-order valence-corrected chi connectivity index (χ0v) is 13.1. The van der Waals surface area contributed by atoms with Crippen LogP contribution in [-0.4, -0.2) is 41.6 Å². The minimum Gasteiger partial charge on any atom is -0.462 e. The fourth-order valence-corrected chi connectivity index (χ4v) is 3.58. The minimum absolute atomic E-state index is 0.0449. The summed E-state index contributed by atoms with van der Waals surface area (Å²) in [5, 5.41) is 2.59. The highest BCUT2D eigenvalue weighted by Crippen LogP contribution is 2.31. The Balaban J connectivity index is 1.51. The topological polar surface area (TPSA) is 55.6 Å². The van der Waals surface area contributed by atoms with Crippen LogP contribution in [0.5, 0.6) is 0 Å². The summed E-state index contributed by atoms with van der Waals surface area (Å²) in [6.07, 6.45) is 4.88. The number of rotatable bonds is 5. The normalized spacial score (nSPS) is 21.2. The van der Waals surface area contributed by atoms with E-state index in [0.29, 0.717) is 23.4 Å². The summed E-state index contributed by atoms with van der Waals surface area (Å²) in [5.74, 6) is 1.22. The van der Waals surface area contributed by atoms with Crippen LogP contribution in [0.3, 0.4) is 0 Å². The Bertz CT molecular complexity index is 642. The molecule has 2 aromatic heterocycles. The van der Waals surface area contributed by atoms with Crippen molar-refractivity contribution in [1.29, 1.82) is 0 Å². The summed E-state index contributed by atoms with van der Waals surface area (Å²) >= 11 is 1.45. The fraction of sp³-hybridized carbons (Fsp3) is 0.500. The molecule has 116 valence electrons. The van der Waals surface area contributed by atoms with Crippen molar-refractivity contribution in [3.63, 3.8) is 0 Å². The third-order valence-electron chi connectivity index (χ3n) is 4.18. The number of thiazole rings is 1. The average molecular weight is 318 g/mol. The maximum absolute atomic E-state index is 12.8. The van der Waals surface area contributed by atoms with Gasteiger partial charge in [0.05, 0.1) is 12.9 Å². The third kappa shape index (κ3) is 2.80. The molecule has 22 heavy (non-hydrogen) atoms. The van der Waals surface area contributed by atoms with Gasteiger partial charge in [0.15, 0.2) is 10.8 Å². The van der Waals surface area contributed by atoms with E-state index in [1.54, 1.807) is 6.26 Å². The van der Waals surface area contributed by atoms with E-state index in [9.17, 15) is 4.79 Å². The number of furan rings is 1. The fourth-order valence-electron chi connectivity index (χ4n) is 2.82. The first-order valence-electron chi connectivity index (χ1n) is 7.69. The molecule has 0 radical (unpaired) electrons. The summed E-state index contributed by atoms with van der Waals surface area (Å²) in [6, 6.07) is 4.08. The van der Waals surface area contributed by atoms with Crippen molar-refractivity contribution in [1.82, 2.24) is 9.88 Å². The molecule has 1 saturated heterocycles. The molecule has 1 aliphatic carbocycles. The zero-order valence-electron chi connectivity index (χ0n) is 12.2. The van der Waals surface area contributed by atoms with Gasteiger partial charge in [-0.05, 0) is 31.4 Å². The highest BCUT2D eigenvalue weighted by Gasteiger charge is 2.36. The lowest BCUT2D eigenvalue weighted by Crippen LogP contribution is -2.37. The van der Waals surface area contributed by atoms with Gasteiger partial charge in [0.25, 0.3) is 5.91 Å². The van der Waals surface area contributed by atoms with Gasteiger partial charge in [-0.3, -0.25) is 4.79 Å². The monoisotopic (exact) mass is 318 g/mol. The summed E-state index contributed by atoms with van der Waals surface area (Å²) in [7, 11) is 0. The second-order valence-corrected chi connectivity index (χ2v) is 6.79. The molecule has 5 nitrogen and oxygen atoms in total. The molecule has 1 atom stereocenters. The Morgan fingerprint density at radius 3 is 3.00 bits per heavy atom. The summed E-state index contributed by atoms with van der Waals surface area (Å²) in [6.45, 7) is 2.37. The number of nitrogens with zero attached hydrogens (tertiary/aromatic N) is 2. The Kier molecular flexibility index (Phi) is 3.72. The van der Waals surface area contributed by atoms with E-state index >= 15 is 0 Å². The first-order valence-corrected chi connectivity index (χ1v) is 8.57. The molecule has 0 N–H and O–H groups in total. The predicted molar refractivity (Wildman–Crippen MR) is 82.8 cm³/mol. The van der Waals surface area contributed by atoms with Crippen molar-refractivity contribution < 1.29 is 13.9 Å². The van der Waals surface area contributed by atoms with Crippen LogP contribution in [0.1, 0.15) is 29.8 Å². The first kappa shape index (κ1) is 14.0. The summed E-state index contributed by atoms with van der Waals surface area (Å²) in [4.78, 5) is 19.3. The van der Waals surface area contributed by atoms with E-state index in [2.05, 4.69) is 4.98 Å². The molecule has 6 heteroatoms. The van der Waals surface area contributed by atoms with E-state index in [4.69, 9.17) is 9.15 Å². The van der Waals surface area contributed by atoms with Crippen LogP contribution in [0.25, 0.3) is 10.8 Å². The Labute approximate surface area is 132 Å². The van der Waals surface area contributed by atoms with Crippen molar-refractivity contribution in [2.45, 2.75) is 25.3 Å². The van der Waals surface area contributed by atoms with Gasteiger partial charge in [0.1, 0.15) is 5.69 Å². The van der Waals surface area contributed by atoms with Crippen molar-refractivity contribution in [3.05, 3.63) is 29.5 Å². The van der Waals surface area contributed by atoms with Gasteiger partial charge in [-0.15, -0.1) is 11.3 Å². The molecule has 0 aromatic carbocycles. The standard InChI is InChI=1S/C16H18N2O3S/c19-16(13-10-22-15(17-13)14-2-1-6-21-14)18(12-3-4-12)8-11-5-7-20-9-11/h1-2,6,10-12H,3-5,7-9H2/t11-/m0/s1. The first-order chi connectivity index (χ1) is 10.8. The molecule has 1 saturated carbocycles. The van der Waals surface area contributed by atoms with Crippen molar-refractivity contribution in [2.75, 3.05) is 19.8 Å². The van der Waals surface area contributed by atoms with E-state index in [-0.39, 0.29) is 5.91 Å². The maximum Gasteiger partial charge on any atom is 0.273 e. The van der Waals surface area contributed by atoms with Crippen LogP contribution in [0.2, 0.25) is 0 Å². The van der Waals surface area contributed by atoms with Crippen LogP contribution in [0.15, 0.2) is 28.2 Å². The van der Waals surface area contributed by atoms with Crippen LogP contribution < -0.4 is 0 Å². The van der Waals surface area contributed by atoms with Crippen LogP contribution in [0.4, 0.5) is 0 Å². The summed E-state index contributed by atoms with van der Waals surface area (Å²) in [5.41, 5.74) is 0.530. The second kappa shape index (κ2) is 5.85. The third-order valence-corrected chi connectivity index (χ3v) is 5.04. The van der Waals surface area contributed by atoms with E-state index in [1.807, 2.05) is 22.4 Å². The molecule has 0 bridgehead atoms. The highest BCUT2D eigenvalue weighted by molar-refractivity contribution is 7.13. The molecule has 1 aliphatic heterocycles.